The summed E-state index contributed by atoms with van der Waals surface area (Å²) in [4.78, 5) is 2.61. The molecule has 80 valence electrons. The quantitative estimate of drug-likeness (QED) is 0.492. The molecule has 0 aromatic rings. The lowest BCUT2D eigenvalue weighted by Crippen LogP contribution is -2.45. The lowest BCUT2D eigenvalue weighted by molar-refractivity contribution is 0.0792. The fourth-order valence-electron chi connectivity index (χ4n) is 2.51. The van der Waals surface area contributed by atoms with Crippen LogP contribution in [-0.2, 0) is 0 Å². The SMILES string of the molecule is C#CCCCN1CC(C)CC(C)C1C. The molecule has 0 spiro atoms. The van der Waals surface area contributed by atoms with Gasteiger partial charge in [-0.1, -0.05) is 13.8 Å². The minimum absolute atomic E-state index is 0.740. The van der Waals surface area contributed by atoms with E-state index in [1.165, 1.54) is 19.5 Å². The summed E-state index contributed by atoms with van der Waals surface area (Å²) in [6.07, 6.45) is 8.72. The first-order valence-corrected chi connectivity index (χ1v) is 5.82. The van der Waals surface area contributed by atoms with E-state index in [9.17, 15) is 0 Å². The van der Waals surface area contributed by atoms with Crippen LogP contribution in [0.1, 0.15) is 40.0 Å². The molecule has 0 aromatic heterocycles. The van der Waals surface area contributed by atoms with Crippen LogP contribution in [0.2, 0.25) is 0 Å². The molecule has 14 heavy (non-hydrogen) atoms. The number of piperidine rings is 1. The summed E-state index contributed by atoms with van der Waals surface area (Å²) in [5.41, 5.74) is 0. The molecule has 1 saturated heterocycles. The van der Waals surface area contributed by atoms with Crippen LogP contribution in [0.15, 0.2) is 0 Å². The predicted molar refractivity (Wildman–Crippen MR) is 62.0 cm³/mol. The van der Waals surface area contributed by atoms with Gasteiger partial charge in [0.2, 0.25) is 0 Å². The van der Waals surface area contributed by atoms with E-state index in [1.807, 2.05) is 0 Å². The maximum absolute atomic E-state index is 5.26. The Labute approximate surface area is 88.9 Å². The topological polar surface area (TPSA) is 3.24 Å². The summed E-state index contributed by atoms with van der Waals surface area (Å²) < 4.78 is 0. The summed E-state index contributed by atoms with van der Waals surface area (Å²) >= 11 is 0. The second-order valence-corrected chi connectivity index (χ2v) is 4.86. The van der Waals surface area contributed by atoms with Crippen LogP contribution in [0.4, 0.5) is 0 Å². The Kier molecular flexibility index (Phi) is 4.48. The molecule has 1 heterocycles. The minimum atomic E-state index is 0.740. The van der Waals surface area contributed by atoms with Crippen LogP contribution >= 0.6 is 0 Å². The smallest absolute Gasteiger partial charge is 0.00982 e. The number of terminal acetylenes is 1. The lowest BCUT2D eigenvalue weighted by Gasteiger charge is -2.41. The molecule has 3 atom stereocenters. The van der Waals surface area contributed by atoms with E-state index in [2.05, 4.69) is 31.6 Å². The van der Waals surface area contributed by atoms with Gasteiger partial charge in [-0.05, 0) is 38.1 Å². The van der Waals surface area contributed by atoms with Gasteiger partial charge >= 0.3 is 0 Å². The Balaban J connectivity index is 2.38. The molecule has 0 radical (unpaired) electrons. The van der Waals surface area contributed by atoms with Crippen molar-refractivity contribution >= 4 is 0 Å². The van der Waals surface area contributed by atoms with Crippen LogP contribution in [0.3, 0.4) is 0 Å². The zero-order valence-corrected chi connectivity index (χ0v) is 9.79. The van der Waals surface area contributed by atoms with Crippen molar-refractivity contribution in [3.05, 3.63) is 0 Å². The van der Waals surface area contributed by atoms with Crippen LogP contribution in [0.5, 0.6) is 0 Å². The highest BCUT2D eigenvalue weighted by molar-refractivity contribution is 4.86. The van der Waals surface area contributed by atoms with Crippen molar-refractivity contribution in [2.24, 2.45) is 11.8 Å². The number of rotatable bonds is 3. The van der Waals surface area contributed by atoms with Crippen molar-refractivity contribution in [1.29, 1.82) is 0 Å². The van der Waals surface area contributed by atoms with Crippen LogP contribution in [0.25, 0.3) is 0 Å². The van der Waals surface area contributed by atoms with Gasteiger partial charge in [-0.3, -0.25) is 0 Å². The molecule has 0 N–H and O–H groups in total. The van der Waals surface area contributed by atoms with E-state index >= 15 is 0 Å². The van der Waals surface area contributed by atoms with Crippen molar-refractivity contribution in [3.63, 3.8) is 0 Å². The summed E-state index contributed by atoms with van der Waals surface area (Å²) in [5, 5.41) is 0. The first kappa shape index (κ1) is 11.6. The van der Waals surface area contributed by atoms with Crippen LogP contribution < -0.4 is 0 Å². The van der Waals surface area contributed by atoms with Gasteiger partial charge in [0, 0.05) is 19.0 Å². The number of nitrogens with zero attached hydrogens (tertiary/aromatic N) is 1. The van der Waals surface area contributed by atoms with Gasteiger partial charge in [0.25, 0.3) is 0 Å². The van der Waals surface area contributed by atoms with Crippen molar-refractivity contribution < 1.29 is 0 Å². The van der Waals surface area contributed by atoms with Gasteiger partial charge in [0.15, 0.2) is 0 Å². The Morgan fingerprint density at radius 3 is 2.71 bits per heavy atom. The van der Waals surface area contributed by atoms with E-state index in [0.29, 0.717) is 0 Å². The summed E-state index contributed by atoms with van der Waals surface area (Å²) in [6, 6.07) is 0.740. The standard InChI is InChI=1S/C13H23N/c1-5-6-7-8-14-10-11(2)9-12(3)13(14)4/h1,11-13H,6-10H2,2-4H3. The molecule has 0 aromatic carbocycles. The van der Waals surface area contributed by atoms with Gasteiger partial charge in [-0.2, -0.15) is 0 Å². The Bertz CT molecular complexity index is 204. The normalized spacial score (nSPS) is 34.0. The fraction of sp³-hybridized carbons (Fsp3) is 0.846. The van der Waals surface area contributed by atoms with Crippen molar-refractivity contribution in [1.82, 2.24) is 4.90 Å². The Hall–Kier alpha value is -0.480. The molecule has 1 rings (SSSR count). The highest BCUT2D eigenvalue weighted by Crippen LogP contribution is 2.26. The fourth-order valence-corrected chi connectivity index (χ4v) is 2.51. The monoisotopic (exact) mass is 193 g/mol. The highest BCUT2D eigenvalue weighted by Gasteiger charge is 2.27. The molecule has 0 aliphatic carbocycles. The molecular weight excluding hydrogens is 170 g/mol. The number of hydrogen-bond acceptors (Lipinski definition) is 1. The molecule has 0 amide bonds. The van der Waals surface area contributed by atoms with Crippen molar-refractivity contribution in [2.75, 3.05) is 13.1 Å². The van der Waals surface area contributed by atoms with Crippen molar-refractivity contribution in [3.8, 4) is 12.3 Å². The van der Waals surface area contributed by atoms with E-state index in [-0.39, 0.29) is 0 Å². The zero-order chi connectivity index (χ0) is 10.6. The third-order valence-corrected chi connectivity index (χ3v) is 3.49. The average Bonchev–Trinajstić information content (AvgIpc) is 2.13. The minimum Gasteiger partial charge on any atom is -0.300 e. The Morgan fingerprint density at radius 1 is 1.36 bits per heavy atom. The van der Waals surface area contributed by atoms with Crippen molar-refractivity contribution in [2.45, 2.75) is 46.1 Å². The van der Waals surface area contributed by atoms with Gasteiger partial charge in [-0.25, -0.2) is 0 Å². The third kappa shape index (κ3) is 3.03. The largest absolute Gasteiger partial charge is 0.300 e. The predicted octanol–water partition coefficient (Wildman–Crippen LogP) is 2.77. The van der Waals surface area contributed by atoms with Crippen LogP contribution in [0, 0.1) is 24.2 Å². The first-order valence-electron chi connectivity index (χ1n) is 5.82. The second-order valence-electron chi connectivity index (χ2n) is 4.86. The summed E-state index contributed by atoms with van der Waals surface area (Å²) in [6.45, 7) is 9.52. The summed E-state index contributed by atoms with van der Waals surface area (Å²) in [7, 11) is 0. The molecule has 1 heteroatoms. The third-order valence-electron chi connectivity index (χ3n) is 3.49. The van der Waals surface area contributed by atoms with Gasteiger partial charge < -0.3 is 4.90 Å². The maximum Gasteiger partial charge on any atom is 0.00982 e. The highest BCUT2D eigenvalue weighted by atomic mass is 15.2. The van der Waals surface area contributed by atoms with Gasteiger partial charge in [-0.15, -0.1) is 12.3 Å². The molecule has 0 saturated carbocycles. The Morgan fingerprint density at radius 2 is 2.07 bits per heavy atom. The average molecular weight is 193 g/mol. The van der Waals surface area contributed by atoms with E-state index in [0.717, 1.165) is 30.7 Å². The van der Waals surface area contributed by atoms with E-state index < -0.39 is 0 Å². The van der Waals surface area contributed by atoms with E-state index in [1.54, 1.807) is 0 Å². The van der Waals surface area contributed by atoms with Crippen LogP contribution in [-0.4, -0.2) is 24.0 Å². The van der Waals surface area contributed by atoms with E-state index in [4.69, 9.17) is 6.42 Å². The number of likely N-dealkylation sites (tertiary alicyclic amines) is 1. The molecular formula is C13H23N. The molecule has 3 unspecified atom stereocenters. The number of hydrogen-bond donors (Lipinski definition) is 0. The molecule has 1 aliphatic rings. The van der Waals surface area contributed by atoms with Gasteiger partial charge in [0.05, 0.1) is 0 Å². The lowest BCUT2D eigenvalue weighted by atomic mass is 9.86. The van der Waals surface area contributed by atoms with Gasteiger partial charge in [0.1, 0.15) is 0 Å². The first-order chi connectivity index (χ1) is 6.65. The second kappa shape index (κ2) is 5.41. The number of unbranched alkanes of at least 4 members (excludes halogenated alkanes) is 1. The molecule has 1 nitrogen and oxygen atoms in total. The molecule has 1 fully saturated rings. The maximum atomic E-state index is 5.26. The molecule has 1 aliphatic heterocycles. The zero-order valence-electron chi connectivity index (χ0n) is 9.79. The summed E-state index contributed by atoms with van der Waals surface area (Å²) in [5.74, 6) is 4.41. The molecule has 0 bridgehead atoms.